The Balaban J connectivity index is 2.56. The maximum absolute atomic E-state index is 12.2. The number of carbonyl (C=O) groups excluding carboxylic acids is 1. The highest BCUT2D eigenvalue weighted by molar-refractivity contribution is 6.10. The minimum absolute atomic E-state index is 0.204. The van der Waals surface area contributed by atoms with Gasteiger partial charge in [0, 0.05) is 37.3 Å². The van der Waals surface area contributed by atoms with Crippen molar-refractivity contribution in [1.82, 2.24) is 4.90 Å². The van der Waals surface area contributed by atoms with Crippen molar-refractivity contribution >= 4 is 28.3 Å². The van der Waals surface area contributed by atoms with Crippen LogP contribution in [0.3, 0.4) is 0 Å². The first kappa shape index (κ1) is 16.4. The summed E-state index contributed by atoms with van der Waals surface area (Å²) in [5.41, 5.74) is 0.750. The van der Waals surface area contributed by atoms with Crippen LogP contribution < -0.4 is 10.1 Å². The van der Waals surface area contributed by atoms with Crippen LogP contribution in [0.5, 0.6) is 5.75 Å². The lowest BCUT2D eigenvalue weighted by molar-refractivity contribution is 0.104. The number of ketones is 1. The number of amides is 1. The standard InChI is InChI=1S/C17H18N2O4/c1-19(2)7-6-16(20)12-8-11-4-5-13(23-3)10-14(11)15(9-12)18-17(21)22/h4-10,18H,1-3H3,(H,21,22)/b7-6+. The normalized spacial score (nSPS) is 10.7. The van der Waals surface area contributed by atoms with E-state index < -0.39 is 6.09 Å². The number of methoxy groups -OCH3 is 1. The Hall–Kier alpha value is -3.02. The molecular formula is C17H18N2O4. The van der Waals surface area contributed by atoms with Gasteiger partial charge in [0.1, 0.15) is 5.75 Å². The summed E-state index contributed by atoms with van der Waals surface area (Å²) in [6.07, 6.45) is 1.89. The molecule has 0 aliphatic carbocycles. The second-order valence-corrected chi connectivity index (χ2v) is 5.18. The predicted octanol–water partition coefficient (Wildman–Crippen LogP) is 3.20. The number of fused-ring (bicyclic) bond motifs is 1. The molecule has 0 aliphatic heterocycles. The summed E-state index contributed by atoms with van der Waals surface area (Å²) < 4.78 is 5.17. The van der Waals surface area contributed by atoms with Crippen molar-refractivity contribution in [1.29, 1.82) is 0 Å². The van der Waals surface area contributed by atoms with Crippen LogP contribution in [0.15, 0.2) is 42.6 Å². The number of nitrogens with one attached hydrogen (secondary N) is 1. The van der Waals surface area contributed by atoms with Gasteiger partial charge >= 0.3 is 6.09 Å². The predicted molar refractivity (Wildman–Crippen MR) is 89.3 cm³/mol. The molecule has 0 aromatic heterocycles. The molecule has 0 fully saturated rings. The number of nitrogens with zero attached hydrogens (tertiary/aromatic N) is 1. The quantitative estimate of drug-likeness (QED) is 0.654. The maximum Gasteiger partial charge on any atom is 0.409 e. The Labute approximate surface area is 134 Å². The molecule has 2 N–H and O–H groups in total. The number of hydrogen-bond acceptors (Lipinski definition) is 4. The first-order valence-electron chi connectivity index (χ1n) is 6.91. The topological polar surface area (TPSA) is 78.9 Å². The van der Waals surface area contributed by atoms with Gasteiger partial charge in [-0.1, -0.05) is 6.07 Å². The van der Waals surface area contributed by atoms with Crippen LogP contribution in [0, 0.1) is 0 Å². The molecule has 0 atom stereocenters. The van der Waals surface area contributed by atoms with Gasteiger partial charge in [0.15, 0.2) is 5.78 Å². The molecule has 0 bridgehead atoms. The molecule has 0 radical (unpaired) electrons. The lowest BCUT2D eigenvalue weighted by Crippen LogP contribution is -2.09. The van der Waals surface area contributed by atoms with Gasteiger partial charge in [0.2, 0.25) is 0 Å². The lowest BCUT2D eigenvalue weighted by Gasteiger charge is -2.10. The SMILES string of the molecule is COc1ccc2cc(C(=O)/C=C/N(C)C)cc(NC(=O)O)c2c1. The van der Waals surface area contributed by atoms with Gasteiger partial charge < -0.3 is 14.7 Å². The maximum atomic E-state index is 12.2. The van der Waals surface area contributed by atoms with Crippen molar-refractivity contribution in [2.75, 3.05) is 26.5 Å². The zero-order valence-electron chi connectivity index (χ0n) is 13.2. The third-order valence-electron chi connectivity index (χ3n) is 3.21. The van der Waals surface area contributed by atoms with E-state index in [1.807, 2.05) is 14.1 Å². The van der Waals surface area contributed by atoms with Crippen molar-refractivity contribution in [2.24, 2.45) is 0 Å². The van der Waals surface area contributed by atoms with Crippen molar-refractivity contribution in [3.8, 4) is 5.75 Å². The molecule has 6 heteroatoms. The highest BCUT2D eigenvalue weighted by Crippen LogP contribution is 2.29. The molecule has 120 valence electrons. The van der Waals surface area contributed by atoms with E-state index in [0.717, 1.165) is 5.39 Å². The van der Waals surface area contributed by atoms with E-state index in [0.29, 0.717) is 22.4 Å². The summed E-state index contributed by atoms with van der Waals surface area (Å²) in [5, 5.41) is 12.8. The monoisotopic (exact) mass is 314 g/mol. The second kappa shape index (κ2) is 6.83. The average Bonchev–Trinajstić information content (AvgIpc) is 2.51. The molecule has 2 rings (SSSR count). The number of carboxylic acid groups (broad SMARTS) is 1. The van der Waals surface area contributed by atoms with Crippen LogP contribution >= 0.6 is 0 Å². The number of rotatable bonds is 5. The van der Waals surface area contributed by atoms with E-state index in [1.165, 1.54) is 19.3 Å². The average molecular weight is 314 g/mol. The van der Waals surface area contributed by atoms with Gasteiger partial charge in [-0.05, 0) is 29.7 Å². The molecule has 0 heterocycles. The molecule has 1 amide bonds. The third-order valence-corrected chi connectivity index (χ3v) is 3.21. The summed E-state index contributed by atoms with van der Waals surface area (Å²) in [6.45, 7) is 0. The highest BCUT2D eigenvalue weighted by atomic mass is 16.5. The van der Waals surface area contributed by atoms with Gasteiger partial charge in [-0.15, -0.1) is 0 Å². The number of allylic oxidation sites excluding steroid dienone is 1. The molecule has 0 saturated heterocycles. The Kier molecular flexibility index (Phi) is 4.85. The van der Waals surface area contributed by atoms with E-state index in [9.17, 15) is 9.59 Å². The zero-order valence-corrected chi connectivity index (χ0v) is 13.2. The van der Waals surface area contributed by atoms with Crippen molar-refractivity contribution in [3.05, 3.63) is 48.2 Å². The number of ether oxygens (including phenoxy) is 1. The highest BCUT2D eigenvalue weighted by Gasteiger charge is 2.11. The van der Waals surface area contributed by atoms with Crippen LogP contribution in [0.2, 0.25) is 0 Å². The van der Waals surface area contributed by atoms with E-state index >= 15 is 0 Å². The molecule has 2 aromatic carbocycles. The van der Waals surface area contributed by atoms with Crippen LogP contribution in [-0.4, -0.2) is 43.1 Å². The van der Waals surface area contributed by atoms with Gasteiger partial charge in [0.25, 0.3) is 0 Å². The van der Waals surface area contributed by atoms with Crippen LogP contribution in [-0.2, 0) is 0 Å². The Morgan fingerprint density at radius 1 is 1.22 bits per heavy atom. The number of benzene rings is 2. The molecule has 0 aliphatic rings. The Bertz CT molecular complexity index is 782. The number of hydrogen-bond donors (Lipinski definition) is 2. The fraction of sp³-hybridized carbons (Fsp3) is 0.176. The third kappa shape index (κ3) is 4.00. The van der Waals surface area contributed by atoms with Gasteiger partial charge in [0.05, 0.1) is 12.8 Å². The minimum atomic E-state index is -1.19. The van der Waals surface area contributed by atoms with Gasteiger partial charge in [-0.2, -0.15) is 0 Å². The molecule has 0 spiro atoms. The van der Waals surface area contributed by atoms with E-state index in [1.54, 1.807) is 35.4 Å². The summed E-state index contributed by atoms with van der Waals surface area (Å²) in [5.74, 6) is 0.405. The summed E-state index contributed by atoms with van der Waals surface area (Å²) in [6, 6.07) is 8.53. The summed E-state index contributed by atoms with van der Waals surface area (Å²) >= 11 is 0. The molecule has 0 unspecified atom stereocenters. The first-order valence-corrected chi connectivity index (χ1v) is 6.91. The lowest BCUT2D eigenvalue weighted by atomic mass is 10.0. The molecule has 6 nitrogen and oxygen atoms in total. The number of anilines is 1. The number of carbonyl (C=O) groups is 2. The molecular weight excluding hydrogens is 296 g/mol. The molecule has 0 saturated carbocycles. The molecule has 2 aromatic rings. The second-order valence-electron chi connectivity index (χ2n) is 5.18. The van der Waals surface area contributed by atoms with Crippen LogP contribution in [0.25, 0.3) is 10.8 Å². The van der Waals surface area contributed by atoms with Crippen LogP contribution in [0.4, 0.5) is 10.5 Å². The summed E-state index contributed by atoms with van der Waals surface area (Å²) in [4.78, 5) is 25.0. The van der Waals surface area contributed by atoms with Crippen LogP contribution in [0.1, 0.15) is 10.4 Å². The zero-order chi connectivity index (χ0) is 17.0. The van der Waals surface area contributed by atoms with Crippen molar-refractivity contribution in [2.45, 2.75) is 0 Å². The Morgan fingerprint density at radius 3 is 2.57 bits per heavy atom. The van der Waals surface area contributed by atoms with Gasteiger partial charge in [-0.25, -0.2) is 4.79 Å². The smallest absolute Gasteiger partial charge is 0.409 e. The van der Waals surface area contributed by atoms with E-state index in [-0.39, 0.29) is 5.78 Å². The van der Waals surface area contributed by atoms with E-state index in [2.05, 4.69) is 5.32 Å². The summed E-state index contributed by atoms with van der Waals surface area (Å²) in [7, 11) is 5.16. The van der Waals surface area contributed by atoms with E-state index in [4.69, 9.17) is 9.84 Å². The fourth-order valence-electron chi connectivity index (χ4n) is 2.14. The largest absolute Gasteiger partial charge is 0.497 e. The van der Waals surface area contributed by atoms with Crippen molar-refractivity contribution in [3.63, 3.8) is 0 Å². The minimum Gasteiger partial charge on any atom is -0.497 e. The first-order chi connectivity index (χ1) is 10.9. The van der Waals surface area contributed by atoms with Gasteiger partial charge in [-0.3, -0.25) is 10.1 Å². The van der Waals surface area contributed by atoms with Crippen molar-refractivity contribution < 1.29 is 19.4 Å². The fourth-order valence-corrected chi connectivity index (χ4v) is 2.14. The Morgan fingerprint density at radius 2 is 1.96 bits per heavy atom. The molecule has 23 heavy (non-hydrogen) atoms.